The lowest BCUT2D eigenvalue weighted by atomic mass is 10.4. The van der Waals surface area contributed by atoms with Gasteiger partial charge in [0.15, 0.2) is 0 Å². The van der Waals surface area contributed by atoms with Gasteiger partial charge in [-0.3, -0.25) is 0 Å². The van der Waals surface area contributed by atoms with Crippen LogP contribution in [0.5, 0.6) is 0 Å². The molecule has 0 bridgehead atoms. The maximum Gasteiger partial charge on any atom is 0.128 e. The summed E-state index contributed by atoms with van der Waals surface area (Å²) >= 11 is 7.35. The fraction of sp³-hybridized carbons (Fsp3) is 0.571. The van der Waals surface area contributed by atoms with E-state index in [0.717, 1.165) is 28.7 Å². The summed E-state index contributed by atoms with van der Waals surface area (Å²) in [7, 11) is 0. The summed E-state index contributed by atoms with van der Waals surface area (Å²) in [6.45, 7) is 4.99. The van der Waals surface area contributed by atoms with E-state index in [2.05, 4.69) is 16.6 Å². The molecule has 0 unspecified atom stereocenters. The predicted molar refractivity (Wildman–Crippen MR) is 50.6 cm³/mol. The van der Waals surface area contributed by atoms with Crippen LogP contribution >= 0.6 is 23.1 Å². The number of hydrogen-bond donors (Lipinski definition) is 1. The lowest BCUT2D eigenvalue weighted by Crippen LogP contribution is -1.97. The topological polar surface area (TPSA) is 24.9 Å². The molecule has 1 N–H and O–H groups in total. The minimum Gasteiger partial charge on any atom is -0.374 e. The second kappa shape index (κ2) is 3.93. The van der Waals surface area contributed by atoms with Crippen LogP contribution in [0.15, 0.2) is 0 Å². The van der Waals surface area contributed by atoms with E-state index in [-0.39, 0.29) is 0 Å². The van der Waals surface area contributed by atoms with Gasteiger partial charge in [-0.05, 0) is 24.9 Å². The van der Waals surface area contributed by atoms with E-state index in [9.17, 15) is 0 Å². The van der Waals surface area contributed by atoms with Crippen LogP contribution in [0, 0.1) is 6.92 Å². The number of aromatic nitrogens is 1. The summed E-state index contributed by atoms with van der Waals surface area (Å²) in [5, 5.41) is 4.97. The lowest BCUT2D eigenvalue weighted by Gasteiger charge is -1.99. The van der Waals surface area contributed by atoms with Crippen LogP contribution in [0.2, 0.25) is 5.02 Å². The molecule has 0 aliphatic carbocycles. The predicted octanol–water partition coefficient (Wildman–Crippen LogP) is 2.93. The van der Waals surface area contributed by atoms with Crippen molar-refractivity contribution in [2.75, 3.05) is 11.9 Å². The fourth-order valence-corrected chi connectivity index (χ4v) is 1.68. The molecule has 1 rings (SSSR count). The summed E-state index contributed by atoms with van der Waals surface area (Å²) in [4.78, 5) is 0. The zero-order chi connectivity index (χ0) is 8.27. The Morgan fingerprint density at radius 3 is 2.82 bits per heavy atom. The summed E-state index contributed by atoms with van der Waals surface area (Å²) in [6.07, 6.45) is 1.10. The quantitative estimate of drug-likeness (QED) is 0.793. The second-order valence-electron chi connectivity index (χ2n) is 2.34. The smallest absolute Gasteiger partial charge is 0.128 e. The van der Waals surface area contributed by atoms with Gasteiger partial charge in [0, 0.05) is 6.54 Å². The van der Waals surface area contributed by atoms with E-state index in [1.807, 2.05) is 6.92 Å². The molecule has 0 aromatic carbocycles. The van der Waals surface area contributed by atoms with Crippen molar-refractivity contribution in [3.8, 4) is 0 Å². The van der Waals surface area contributed by atoms with E-state index in [1.54, 1.807) is 0 Å². The molecule has 0 aliphatic rings. The van der Waals surface area contributed by atoms with Crippen molar-refractivity contribution in [3.63, 3.8) is 0 Å². The number of hydrogen-bond acceptors (Lipinski definition) is 3. The normalized spacial score (nSPS) is 10.1. The van der Waals surface area contributed by atoms with Gasteiger partial charge in [0.05, 0.1) is 10.7 Å². The van der Waals surface area contributed by atoms with Gasteiger partial charge in [-0.1, -0.05) is 18.5 Å². The number of nitrogens with one attached hydrogen (secondary N) is 1. The summed E-state index contributed by atoms with van der Waals surface area (Å²) in [5.74, 6) is 0. The van der Waals surface area contributed by atoms with Crippen LogP contribution < -0.4 is 5.32 Å². The molecule has 62 valence electrons. The molecule has 0 atom stereocenters. The highest BCUT2D eigenvalue weighted by molar-refractivity contribution is 7.11. The Bertz CT molecular complexity index is 234. The molecule has 2 nitrogen and oxygen atoms in total. The molecule has 0 saturated carbocycles. The van der Waals surface area contributed by atoms with E-state index < -0.39 is 0 Å². The minimum absolute atomic E-state index is 0.767. The average molecular weight is 191 g/mol. The van der Waals surface area contributed by atoms with Crippen molar-refractivity contribution in [1.82, 2.24) is 4.37 Å². The highest BCUT2D eigenvalue weighted by atomic mass is 35.5. The van der Waals surface area contributed by atoms with Gasteiger partial charge in [0.2, 0.25) is 0 Å². The van der Waals surface area contributed by atoms with Crippen LogP contribution in [-0.4, -0.2) is 10.9 Å². The van der Waals surface area contributed by atoms with Gasteiger partial charge in [-0.25, -0.2) is 0 Å². The molecule has 0 fully saturated rings. The largest absolute Gasteiger partial charge is 0.374 e. The maximum absolute atomic E-state index is 5.93. The van der Waals surface area contributed by atoms with Gasteiger partial charge in [0.1, 0.15) is 5.00 Å². The standard InChI is InChI=1S/C7H11ClN2S/c1-3-4-9-7-6(8)5(2)10-11-7/h9H,3-4H2,1-2H3. The van der Waals surface area contributed by atoms with Crippen LogP contribution in [0.4, 0.5) is 5.00 Å². The highest BCUT2D eigenvalue weighted by Crippen LogP contribution is 2.28. The summed E-state index contributed by atoms with van der Waals surface area (Å²) in [6, 6.07) is 0. The Morgan fingerprint density at radius 2 is 2.36 bits per heavy atom. The average Bonchev–Trinajstić information content (AvgIpc) is 2.31. The first-order chi connectivity index (χ1) is 5.25. The zero-order valence-corrected chi connectivity index (χ0v) is 8.22. The highest BCUT2D eigenvalue weighted by Gasteiger charge is 2.05. The number of anilines is 1. The molecule has 1 heterocycles. The molecule has 1 aromatic rings. The third kappa shape index (κ3) is 2.07. The Hall–Kier alpha value is -0.280. The number of halogens is 1. The van der Waals surface area contributed by atoms with Crippen LogP contribution in [-0.2, 0) is 0 Å². The van der Waals surface area contributed by atoms with Crippen molar-refractivity contribution in [2.45, 2.75) is 20.3 Å². The van der Waals surface area contributed by atoms with E-state index in [0.29, 0.717) is 0 Å². The van der Waals surface area contributed by atoms with Crippen LogP contribution in [0.1, 0.15) is 19.0 Å². The molecule has 0 amide bonds. The Balaban J connectivity index is 2.63. The number of aryl methyl sites for hydroxylation is 1. The van der Waals surface area contributed by atoms with Crippen LogP contribution in [0.25, 0.3) is 0 Å². The minimum atomic E-state index is 0.767. The number of nitrogens with zero attached hydrogens (tertiary/aromatic N) is 1. The SMILES string of the molecule is CCCNc1snc(C)c1Cl. The van der Waals surface area contributed by atoms with Gasteiger partial charge in [0.25, 0.3) is 0 Å². The Labute approximate surface area is 75.7 Å². The van der Waals surface area contributed by atoms with Crippen LogP contribution in [0.3, 0.4) is 0 Å². The molecule has 1 aromatic heterocycles. The molecule has 0 spiro atoms. The third-order valence-corrected chi connectivity index (χ3v) is 2.80. The Morgan fingerprint density at radius 1 is 1.64 bits per heavy atom. The lowest BCUT2D eigenvalue weighted by molar-refractivity contribution is 0.984. The monoisotopic (exact) mass is 190 g/mol. The fourth-order valence-electron chi connectivity index (χ4n) is 0.707. The molecule has 0 aliphatic heterocycles. The number of rotatable bonds is 3. The summed E-state index contributed by atoms with van der Waals surface area (Å²) < 4.78 is 4.12. The molecular formula is C7H11ClN2S. The van der Waals surface area contributed by atoms with Gasteiger partial charge in [-0.15, -0.1) is 0 Å². The summed E-state index contributed by atoms with van der Waals surface area (Å²) in [5.41, 5.74) is 0.912. The van der Waals surface area contributed by atoms with Crippen molar-refractivity contribution >= 4 is 28.1 Å². The van der Waals surface area contributed by atoms with Crippen molar-refractivity contribution < 1.29 is 0 Å². The first kappa shape index (κ1) is 8.81. The van der Waals surface area contributed by atoms with Gasteiger partial charge in [-0.2, -0.15) is 4.37 Å². The van der Waals surface area contributed by atoms with Crippen molar-refractivity contribution in [1.29, 1.82) is 0 Å². The maximum atomic E-state index is 5.93. The van der Waals surface area contributed by atoms with Crippen molar-refractivity contribution in [2.24, 2.45) is 0 Å². The Kier molecular flexibility index (Phi) is 3.15. The van der Waals surface area contributed by atoms with E-state index in [4.69, 9.17) is 11.6 Å². The van der Waals surface area contributed by atoms with E-state index in [1.165, 1.54) is 11.5 Å². The van der Waals surface area contributed by atoms with Gasteiger partial charge < -0.3 is 5.32 Å². The molecule has 11 heavy (non-hydrogen) atoms. The van der Waals surface area contributed by atoms with Gasteiger partial charge >= 0.3 is 0 Å². The third-order valence-electron chi connectivity index (χ3n) is 1.33. The molecule has 4 heteroatoms. The molecule has 0 saturated heterocycles. The first-order valence-electron chi connectivity index (χ1n) is 3.61. The second-order valence-corrected chi connectivity index (χ2v) is 3.49. The van der Waals surface area contributed by atoms with E-state index >= 15 is 0 Å². The molecular weight excluding hydrogens is 180 g/mol. The zero-order valence-electron chi connectivity index (χ0n) is 6.65. The first-order valence-corrected chi connectivity index (χ1v) is 4.76. The molecule has 0 radical (unpaired) electrons. The van der Waals surface area contributed by atoms with Crippen molar-refractivity contribution in [3.05, 3.63) is 10.7 Å².